The van der Waals surface area contributed by atoms with Crippen molar-refractivity contribution in [2.75, 3.05) is 20.6 Å². The Balaban J connectivity index is 2.79. The van der Waals surface area contributed by atoms with Crippen LogP contribution in [0.5, 0.6) is 0 Å². The third kappa shape index (κ3) is 4.36. The number of nitrogens with zero attached hydrogens (tertiary/aromatic N) is 2. The topological polar surface area (TPSA) is 62.3 Å². The van der Waals surface area contributed by atoms with Gasteiger partial charge in [0.25, 0.3) is 5.91 Å². The lowest BCUT2D eigenvalue weighted by molar-refractivity contribution is -0.124. The van der Waals surface area contributed by atoms with E-state index in [1.807, 2.05) is 0 Å². The summed E-state index contributed by atoms with van der Waals surface area (Å²) >= 11 is 11.5. The summed E-state index contributed by atoms with van der Waals surface area (Å²) in [5.41, 5.74) is 0.344. The first-order chi connectivity index (χ1) is 8.85. The second kappa shape index (κ2) is 6.73. The highest BCUT2D eigenvalue weighted by atomic mass is 35.5. The van der Waals surface area contributed by atoms with Crippen LogP contribution in [0, 0.1) is 5.92 Å². The van der Waals surface area contributed by atoms with Crippen molar-refractivity contribution in [3.8, 4) is 0 Å². The van der Waals surface area contributed by atoms with Gasteiger partial charge in [0.15, 0.2) is 0 Å². The van der Waals surface area contributed by atoms with Crippen LogP contribution in [0.25, 0.3) is 0 Å². The maximum Gasteiger partial charge on any atom is 0.253 e. The van der Waals surface area contributed by atoms with Gasteiger partial charge >= 0.3 is 0 Å². The average Bonchev–Trinajstić information content (AvgIpc) is 2.35. The van der Waals surface area contributed by atoms with E-state index in [-0.39, 0.29) is 28.0 Å². The molecule has 1 aromatic rings. The summed E-state index contributed by atoms with van der Waals surface area (Å²) in [5, 5.41) is 2.85. The molecule has 0 fully saturated rings. The number of carbonyl (C=O) groups is 2. The zero-order valence-electron chi connectivity index (χ0n) is 10.9. The van der Waals surface area contributed by atoms with Gasteiger partial charge in [0.1, 0.15) is 10.3 Å². The van der Waals surface area contributed by atoms with Gasteiger partial charge in [-0.3, -0.25) is 9.59 Å². The molecule has 104 valence electrons. The van der Waals surface area contributed by atoms with Gasteiger partial charge in [-0.25, -0.2) is 4.98 Å². The molecule has 0 radical (unpaired) electrons. The molecule has 1 N–H and O–H groups in total. The number of hydrogen-bond donors (Lipinski definition) is 1. The van der Waals surface area contributed by atoms with Crippen molar-refractivity contribution in [1.82, 2.24) is 15.2 Å². The number of nitrogens with one attached hydrogen (secondary N) is 1. The highest BCUT2D eigenvalue weighted by Crippen LogP contribution is 2.16. The molecule has 0 aliphatic rings. The first-order valence-electron chi connectivity index (χ1n) is 5.65. The van der Waals surface area contributed by atoms with E-state index < -0.39 is 0 Å². The van der Waals surface area contributed by atoms with Crippen LogP contribution in [0.15, 0.2) is 12.1 Å². The molecule has 1 unspecified atom stereocenters. The van der Waals surface area contributed by atoms with Crippen molar-refractivity contribution in [3.05, 3.63) is 28.0 Å². The van der Waals surface area contributed by atoms with Crippen molar-refractivity contribution < 1.29 is 9.59 Å². The molecule has 0 spiro atoms. The van der Waals surface area contributed by atoms with Gasteiger partial charge in [0, 0.05) is 26.2 Å². The Morgan fingerprint density at radius 3 is 2.37 bits per heavy atom. The third-order valence-electron chi connectivity index (χ3n) is 2.60. The fourth-order valence-corrected chi connectivity index (χ4v) is 2.09. The molecule has 0 aromatic carbocycles. The summed E-state index contributed by atoms with van der Waals surface area (Å²) in [6.45, 7) is 2.05. The number of hydrogen-bond acceptors (Lipinski definition) is 3. The fraction of sp³-hybridized carbons (Fsp3) is 0.417. The molecular weight excluding hydrogens is 289 g/mol. The van der Waals surface area contributed by atoms with E-state index in [1.165, 1.54) is 17.0 Å². The number of carbonyl (C=O) groups excluding carboxylic acids is 2. The molecule has 0 aliphatic carbocycles. The second-order valence-electron chi connectivity index (χ2n) is 4.20. The van der Waals surface area contributed by atoms with Crippen LogP contribution in [-0.2, 0) is 4.79 Å². The van der Waals surface area contributed by atoms with Gasteiger partial charge in [0.05, 0.1) is 5.92 Å². The minimum atomic E-state index is -0.299. The SMILES string of the molecule is CNC(=O)C(C)CN(C)C(=O)c1cc(Cl)nc(Cl)c1. The molecule has 1 rings (SSSR count). The summed E-state index contributed by atoms with van der Waals surface area (Å²) in [6, 6.07) is 2.88. The van der Waals surface area contributed by atoms with Gasteiger partial charge in [-0.1, -0.05) is 30.1 Å². The highest BCUT2D eigenvalue weighted by Gasteiger charge is 2.19. The lowest BCUT2D eigenvalue weighted by atomic mass is 10.1. The standard InChI is InChI=1S/C12H15Cl2N3O2/c1-7(11(18)15-2)6-17(3)12(19)8-4-9(13)16-10(14)5-8/h4-5,7H,6H2,1-3H3,(H,15,18). The summed E-state index contributed by atoms with van der Waals surface area (Å²) in [7, 11) is 3.17. The van der Waals surface area contributed by atoms with Crippen LogP contribution in [0.2, 0.25) is 10.3 Å². The average molecular weight is 304 g/mol. The van der Waals surface area contributed by atoms with Crippen LogP contribution < -0.4 is 5.32 Å². The second-order valence-corrected chi connectivity index (χ2v) is 4.98. The van der Waals surface area contributed by atoms with E-state index in [9.17, 15) is 9.59 Å². The lowest BCUT2D eigenvalue weighted by Gasteiger charge is -2.20. The van der Waals surface area contributed by atoms with Crippen LogP contribution in [0.1, 0.15) is 17.3 Å². The van der Waals surface area contributed by atoms with Crippen molar-refractivity contribution >= 4 is 35.0 Å². The fourth-order valence-electron chi connectivity index (χ4n) is 1.63. The highest BCUT2D eigenvalue weighted by molar-refractivity contribution is 6.33. The third-order valence-corrected chi connectivity index (χ3v) is 2.99. The van der Waals surface area contributed by atoms with Crippen LogP contribution in [0.3, 0.4) is 0 Å². The minimum Gasteiger partial charge on any atom is -0.359 e. The Hall–Kier alpha value is -1.33. The Bertz CT molecular complexity index is 474. The molecule has 1 atom stereocenters. The molecule has 2 amide bonds. The molecule has 7 heteroatoms. The van der Waals surface area contributed by atoms with E-state index in [1.54, 1.807) is 21.0 Å². The monoisotopic (exact) mass is 303 g/mol. The predicted octanol–water partition coefficient (Wildman–Crippen LogP) is 1.84. The van der Waals surface area contributed by atoms with Gasteiger partial charge in [-0.15, -0.1) is 0 Å². The molecular formula is C12H15Cl2N3O2. The molecule has 19 heavy (non-hydrogen) atoms. The summed E-state index contributed by atoms with van der Waals surface area (Å²) < 4.78 is 0. The quantitative estimate of drug-likeness (QED) is 0.863. The molecule has 0 saturated heterocycles. The molecule has 1 heterocycles. The largest absolute Gasteiger partial charge is 0.359 e. The van der Waals surface area contributed by atoms with Gasteiger partial charge < -0.3 is 10.2 Å². The first kappa shape index (κ1) is 15.7. The van der Waals surface area contributed by atoms with Crippen molar-refractivity contribution in [2.45, 2.75) is 6.92 Å². The van der Waals surface area contributed by atoms with Crippen LogP contribution >= 0.6 is 23.2 Å². The van der Waals surface area contributed by atoms with E-state index >= 15 is 0 Å². The Labute approximate surface area is 121 Å². The number of amides is 2. The maximum absolute atomic E-state index is 12.1. The zero-order chi connectivity index (χ0) is 14.6. The summed E-state index contributed by atoms with van der Waals surface area (Å²) in [5.74, 6) is -0.681. The number of rotatable bonds is 4. The van der Waals surface area contributed by atoms with Crippen LogP contribution in [0.4, 0.5) is 0 Å². The lowest BCUT2D eigenvalue weighted by Crippen LogP contribution is -2.37. The Morgan fingerprint density at radius 1 is 1.37 bits per heavy atom. The molecule has 1 aromatic heterocycles. The molecule has 0 saturated carbocycles. The predicted molar refractivity (Wildman–Crippen MR) is 74.4 cm³/mol. The van der Waals surface area contributed by atoms with Gasteiger partial charge in [-0.05, 0) is 12.1 Å². The number of aromatic nitrogens is 1. The Morgan fingerprint density at radius 2 is 1.89 bits per heavy atom. The van der Waals surface area contributed by atoms with Crippen molar-refractivity contribution in [3.63, 3.8) is 0 Å². The maximum atomic E-state index is 12.1. The molecule has 0 aliphatic heterocycles. The summed E-state index contributed by atoms with van der Waals surface area (Å²) in [6.07, 6.45) is 0. The minimum absolute atomic E-state index is 0.120. The Kier molecular flexibility index (Phi) is 5.57. The van der Waals surface area contributed by atoms with Gasteiger partial charge in [0.2, 0.25) is 5.91 Å². The molecule has 5 nitrogen and oxygen atoms in total. The molecule has 0 bridgehead atoms. The first-order valence-corrected chi connectivity index (χ1v) is 6.41. The van der Waals surface area contributed by atoms with Crippen LogP contribution in [-0.4, -0.2) is 42.3 Å². The van der Waals surface area contributed by atoms with E-state index in [0.717, 1.165) is 0 Å². The van der Waals surface area contributed by atoms with E-state index in [2.05, 4.69) is 10.3 Å². The number of pyridine rings is 1. The van der Waals surface area contributed by atoms with E-state index in [4.69, 9.17) is 23.2 Å². The normalized spacial score (nSPS) is 11.8. The van der Waals surface area contributed by atoms with E-state index in [0.29, 0.717) is 12.1 Å². The number of halogens is 2. The summed E-state index contributed by atoms with van der Waals surface area (Å²) in [4.78, 5) is 28.8. The smallest absolute Gasteiger partial charge is 0.253 e. The van der Waals surface area contributed by atoms with Crippen molar-refractivity contribution in [1.29, 1.82) is 0 Å². The van der Waals surface area contributed by atoms with Gasteiger partial charge in [-0.2, -0.15) is 0 Å². The zero-order valence-corrected chi connectivity index (χ0v) is 12.4. The van der Waals surface area contributed by atoms with Crippen molar-refractivity contribution in [2.24, 2.45) is 5.92 Å².